The molecular formula is C16H17Br2NO. The van der Waals surface area contributed by atoms with Gasteiger partial charge in [-0.25, -0.2) is 0 Å². The second kappa shape index (κ2) is 7.25. The minimum absolute atomic E-state index is 0.279. The molecule has 2 aromatic carbocycles. The Morgan fingerprint density at radius 1 is 1.10 bits per heavy atom. The maximum Gasteiger partial charge on any atom is 0.134 e. The Kier molecular flexibility index (Phi) is 5.64. The predicted molar refractivity (Wildman–Crippen MR) is 89.8 cm³/mol. The van der Waals surface area contributed by atoms with Crippen LogP contribution in [-0.4, -0.2) is 5.11 Å². The summed E-state index contributed by atoms with van der Waals surface area (Å²) in [7, 11) is 0. The van der Waals surface area contributed by atoms with Crippen LogP contribution in [-0.2, 0) is 6.54 Å². The summed E-state index contributed by atoms with van der Waals surface area (Å²) >= 11 is 6.79. The van der Waals surface area contributed by atoms with Crippen LogP contribution in [0.3, 0.4) is 0 Å². The van der Waals surface area contributed by atoms with Crippen molar-refractivity contribution < 1.29 is 5.11 Å². The van der Waals surface area contributed by atoms with Crippen molar-refractivity contribution in [1.82, 2.24) is 5.32 Å². The van der Waals surface area contributed by atoms with Crippen molar-refractivity contribution in [1.29, 1.82) is 0 Å². The number of nitrogens with one attached hydrogen (secondary N) is 1. The highest BCUT2D eigenvalue weighted by Crippen LogP contribution is 2.28. The quantitative estimate of drug-likeness (QED) is 0.729. The van der Waals surface area contributed by atoms with Crippen LogP contribution in [0.1, 0.15) is 30.5 Å². The van der Waals surface area contributed by atoms with Gasteiger partial charge in [-0.15, -0.1) is 0 Å². The third-order valence-corrected chi connectivity index (χ3v) is 4.46. The highest BCUT2D eigenvalue weighted by Gasteiger charge is 2.10. The molecule has 0 aliphatic heterocycles. The minimum atomic E-state index is 0.279. The number of benzene rings is 2. The number of phenolic OH excluding ortho intramolecular Hbond substituents is 1. The maximum absolute atomic E-state index is 10.00. The maximum atomic E-state index is 10.00. The zero-order valence-electron chi connectivity index (χ0n) is 11.2. The Labute approximate surface area is 136 Å². The van der Waals surface area contributed by atoms with Gasteiger partial charge >= 0.3 is 0 Å². The molecule has 0 saturated heterocycles. The van der Waals surface area contributed by atoms with Crippen LogP contribution in [0.5, 0.6) is 5.75 Å². The van der Waals surface area contributed by atoms with Gasteiger partial charge in [-0.2, -0.15) is 0 Å². The van der Waals surface area contributed by atoms with Crippen LogP contribution in [0.4, 0.5) is 0 Å². The Bertz CT molecular complexity index is 569. The molecule has 1 unspecified atom stereocenters. The van der Waals surface area contributed by atoms with Gasteiger partial charge in [0, 0.05) is 22.6 Å². The Morgan fingerprint density at radius 3 is 2.45 bits per heavy atom. The van der Waals surface area contributed by atoms with Gasteiger partial charge in [0.25, 0.3) is 0 Å². The van der Waals surface area contributed by atoms with Crippen LogP contribution in [0.25, 0.3) is 0 Å². The van der Waals surface area contributed by atoms with Crippen molar-refractivity contribution in [2.75, 3.05) is 0 Å². The first-order chi connectivity index (χ1) is 9.61. The highest BCUT2D eigenvalue weighted by atomic mass is 79.9. The number of phenols is 1. The molecule has 1 atom stereocenters. The van der Waals surface area contributed by atoms with E-state index in [1.807, 2.05) is 18.2 Å². The van der Waals surface area contributed by atoms with Crippen molar-refractivity contribution in [2.45, 2.75) is 25.9 Å². The molecule has 2 nitrogen and oxygen atoms in total. The van der Waals surface area contributed by atoms with E-state index in [2.05, 4.69) is 68.4 Å². The number of aromatic hydroxyl groups is 1. The van der Waals surface area contributed by atoms with E-state index in [0.29, 0.717) is 12.3 Å². The van der Waals surface area contributed by atoms with E-state index >= 15 is 0 Å². The molecule has 0 fully saturated rings. The molecule has 0 aliphatic carbocycles. The van der Waals surface area contributed by atoms with Gasteiger partial charge in [0.1, 0.15) is 5.75 Å². The van der Waals surface area contributed by atoms with E-state index in [4.69, 9.17) is 0 Å². The van der Waals surface area contributed by atoms with Crippen LogP contribution in [0.15, 0.2) is 51.4 Å². The van der Waals surface area contributed by atoms with Gasteiger partial charge < -0.3 is 10.4 Å². The average Bonchev–Trinajstić information content (AvgIpc) is 2.45. The number of hydrogen-bond donors (Lipinski definition) is 2. The Balaban J connectivity index is 2.07. The van der Waals surface area contributed by atoms with E-state index in [1.165, 1.54) is 5.56 Å². The van der Waals surface area contributed by atoms with E-state index in [9.17, 15) is 5.11 Å². The lowest BCUT2D eigenvalue weighted by Crippen LogP contribution is -2.20. The summed E-state index contributed by atoms with van der Waals surface area (Å²) in [6, 6.07) is 14.3. The first kappa shape index (κ1) is 15.5. The molecule has 0 aromatic heterocycles. The van der Waals surface area contributed by atoms with E-state index in [1.54, 1.807) is 0 Å². The zero-order valence-corrected chi connectivity index (χ0v) is 14.4. The van der Waals surface area contributed by atoms with Crippen LogP contribution in [0, 0.1) is 0 Å². The van der Waals surface area contributed by atoms with Gasteiger partial charge in [-0.3, -0.25) is 0 Å². The van der Waals surface area contributed by atoms with E-state index in [0.717, 1.165) is 20.9 Å². The van der Waals surface area contributed by atoms with E-state index < -0.39 is 0 Å². The summed E-state index contributed by atoms with van der Waals surface area (Å²) in [5.41, 5.74) is 2.15. The molecule has 4 heteroatoms. The molecule has 2 rings (SSSR count). The summed E-state index contributed by atoms with van der Waals surface area (Å²) < 4.78 is 1.81. The van der Waals surface area contributed by atoms with Gasteiger partial charge in [0.2, 0.25) is 0 Å². The minimum Gasteiger partial charge on any atom is -0.506 e. The van der Waals surface area contributed by atoms with Crippen molar-refractivity contribution in [3.63, 3.8) is 0 Å². The molecule has 20 heavy (non-hydrogen) atoms. The third kappa shape index (κ3) is 3.84. The fraction of sp³-hybridized carbons (Fsp3) is 0.250. The molecule has 0 saturated carbocycles. The molecule has 0 bridgehead atoms. The predicted octanol–water partition coefficient (Wildman–Crippen LogP) is 5.16. The number of para-hydroxylation sites is 1. The molecule has 0 heterocycles. The zero-order chi connectivity index (χ0) is 14.5. The van der Waals surface area contributed by atoms with Crippen LogP contribution < -0.4 is 5.32 Å². The molecule has 106 valence electrons. The van der Waals surface area contributed by atoms with Crippen molar-refractivity contribution >= 4 is 31.9 Å². The Hall–Kier alpha value is -0.840. The van der Waals surface area contributed by atoms with Crippen LogP contribution in [0.2, 0.25) is 0 Å². The van der Waals surface area contributed by atoms with Gasteiger partial charge in [-0.05, 0) is 46.1 Å². The lowest BCUT2D eigenvalue weighted by atomic mass is 10.0. The first-order valence-electron chi connectivity index (χ1n) is 6.57. The monoisotopic (exact) mass is 397 g/mol. The number of hydrogen-bond acceptors (Lipinski definition) is 2. The van der Waals surface area contributed by atoms with Gasteiger partial charge in [0.15, 0.2) is 0 Å². The van der Waals surface area contributed by atoms with Gasteiger partial charge in [-0.1, -0.05) is 47.1 Å². The summed E-state index contributed by atoms with van der Waals surface area (Å²) in [5.74, 6) is 0.311. The molecule has 0 aliphatic rings. The second-order valence-corrected chi connectivity index (χ2v) is 6.41. The molecular weight excluding hydrogens is 382 g/mol. The molecule has 0 spiro atoms. The van der Waals surface area contributed by atoms with Crippen LogP contribution >= 0.6 is 31.9 Å². The average molecular weight is 399 g/mol. The number of rotatable bonds is 5. The smallest absolute Gasteiger partial charge is 0.134 e. The third-order valence-electron chi connectivity index (χ3n) is 3.29. The molecule has 0 amide bonds. The van der Waals surface area contributed by atoms with Gasteiger partial charge in [0.05, 0.1) is 4.47 Å². The normalized spacial score (nSPS) is 12.3. The van der Waals surface area contributed by atoms with Crippen molar-refractivity contribution in [2.24, 2.45) is 0 Å². The molecule has 2 aromatic rings. The summed E-state index contributed by atoms with van der Waals surface area (Å²) in [4.78, 5) is 0. The topological polar surface area (TPSA) is 32.3 Å². The fourth-order valence-corrected chi connectivity index (χ4v) is 2.80. The standard InChI is InChI=1S/C16H17Br2NO/c1-2-15(11-6-8-13(17)9-7-11)19-10-12-4-3-5-14(18)16(12)20/h3-9,15,19-20H,2,10H2,1H3. The summed E-state index contributed by atoms with van der Waals surface area (Å²) in [6.45, 7) is 2.79. The SMILES string of the molecule is CCC(NCc1cccc(Br)c1O)c1ccc(Br)cc1. The fourth-order valence-electron chi connectivity index (χ4n) is 2.13. The largest absolute Gasteiger partial charge is 0.506 e. The second-order valence-electron chi connectivity index (χ2n) is 4.64. The Morgan fingerprint density at radius 2 is 1.80 bits per heavy atom. The molecule has 0 radical (unpaired) electrons. The molecule has 2 N–H and O–H groups in total. The number of halogens is 2. The lowest BCUT2D eigenvalue weighted by Gasteiger charge is -2.18. The lowest BCUT2D eigenvalue weighted by molar-refractivity contribution is 0.452. The highest BCUT2D eigenvalue weighted by molar-refractivity contribution is 9.10. The summed E-state index contributed by atoms with van der Waals surface area (Å²) in [5, 5.41) is 13.5. The van der Waals surface area contributed by atoms with Crippen molar-refractivity contribution in [3.05, 3.63) is 62.5 Å². The summed E-state index contributed by atoms with van der Waals surface area (Å²) in [6.07, 6.45) is 0.996. The van der Waals surface area contributed by atoms with Crippen molar-refractivity contribution in [3.8, 4) is 5.75 Å². The van der Waals surface area contributed by atoms with E-state index in [-0.39, 0.29) is 6.04 Å². The first-order valence-corrected chi connectivity index (χ1v) is 8.15.